The van der Waals surface area contributed by atoms with Crippen LogP contribution < -0.4 is 11.1 Å². The quantitative estimate of drug-likeness (QED) is 0.604. The number of phenolic OH excluding ortho intramolecular Hbond substituents is 2. The van der Waals surface area contributed by atoms with Gasteiger partial charge in [-0.25, -0.2) is 0 Å². The number of nitrogens with one attached hydrogen (secondary N) is 1. The lowest BCUT2D eigenvalue weighted by Crippen LogP contribution is -2.33. The number of phenols is 2. The largest absolute Gasteiger partial charge is 0.508 e. The van der Waals surface area contributed by atoms with Gasteiger partial charge in [-0.2, -0.15) is 0 Å². The van der Waals surface area contributed by atoms with Crippen LogP contribution in [0.3, 0.4) is 0 Å². The SMILES string of the molecule is N[C@@H](c1cc(O)cc(O)c1)C1CCNCC1. The van der Waals surface area contributed by atoms with Gasteiger partial charge in [0, 0.05) is 12.1 Å². The number of aromatic hydroxyl groups is 2. The van der Waals surface area contributed by atoms with Gasteiger partial charge in [0.05, 0.1) is 0 Å². The topological polar surface area (TPSA) is 78.5 Å². The van der Waals surface area contributed by atoms with E-state index in [1.165, 1.54) is 6.07 Å². The summed E-state index contributed by atoms with van der Waals surface area (Å²) in [5.74, 6) is 0.557. The Kier molecular flexibility index (Phi) is 3.31. The predicted octanol–water partition coefficient (Wildman–Crippen LogP) is 1.10. The van der Waals surface area contributed by atoms with Crippen LogP contribution in [-0.4, -0.2) is 23.3 Å². The second-order valence-electron chi connectivity index (χ2n) is 4.40. The highest BCUT2D eigenvalue weighted by molar-refractivity contribution is 5.38. The number of piperidine rings is 1. The van der Waals surface area contributed by atoms with Gasteiger partial charge in [-0.15, -0.1) is 0 Å². The van der Waals surface area contributed by atoms with Crippen LogP contribution in [0.1, 0.15) is 24.4 Å². The van der Waals surface area contributed by atoms with Crippen molar-refractivity contribution in [1.82, 2.24) is 5.32 Å². The van der Waals surface area contributed by atoms with E-state index in [1.54, 1.807) is 12.1 Å². The van der Waals surface area contributed by atoms with Crippen LogP contribution in [0.2, 0.25) is 0 Å². The second-order valence-corrected chi connectivity index (χ2v) is 4.40. The Hall–Kier alpha value is -1.26. The Morgan fingerprint density at radius 1 is 1.12 bits per heavy atom. The summed E-state index contributed by atoms with van der Waals surface area (Å²) in [6.45, 7) is 1.98. The highest BCUT2D eigenvalue weighted by Crippen LogP contribution is 2.31. The summed E-state index contributed by atoms with van der Waals surface area (Å²) in [6, 6.07) is 4.47. The van der Waals surface area contributed by atoms with Crippen LogP contribution >= 0.6 is 0 Å². The molecule has 2 rings (SSSR count). The van der Waals surface area contributed by atoms with Crippen molar-refractivity contribution in [3.05, 3.63) is 23.8 Å². The first-order valence-electron chi connectivity index (χ1n) is 5.66. The van der Waals surface area contributed by atoms with Gasteiger partial charge in [-0.3, -0.25) is 0 Å². The van der Waals surface area contributed by atoms with Crippen LogP contribution in [-0.2, 0) is 0 Å². The minimum atomic E-state index is -0.111. The zero-order valence-corrected chi connectivity index (χ0v) is 9.19. The minimum absolute atomic E-state index is 0.0689. The van der Waals surface area contributed by atoms with E-state index in [0.717, 1.165) is 31.5 Å². The van der Waals surface area contributed by atoms with E-state index in [2.05, 4.69) is 5.32 Å². The van der Waals surface area contributed by atoms with E-state index < -0.39 is 0 Å². The second kappa shape index (κ2) is 4.72. The van der Waals surface area contributed by atoms with Crippen molar-refractivity contribution in [3.8, 4) is 11.5 Å². The molecule has 1 aromatic rings. The third kappa shape index (κ3) is 2.46. The average Bonchev–Trinajstić information content (AvgIpc) is 2.28. The molecule has 0 radical (unpaired) electrons. The third-order valence-electron chi connectivity index (χ3n) is 3.20. The maximum absolute atomic E-state index is 9.41. The van der Waals surface area contributed by atoms with Gasteiger partial charge in [-0.05, 0) is 49.5 Å². The zero-order valence-electron chi connectivity index (χ0n) is 9.19. The molecule has 0 aromatic heterocycles. The molecule has 4 heteroatoms. The van der Waals surface area contributed by atoms with Crippen molar-refractivity contribution in [2.24, 2.45) is 11.7 Å². The van der Waals surface area contributed by atoms with Crippen LogP contribution in [0.5, 0.6) is 11.5 Å². The molecule has 5 N–H and O–H groups in total. The van der Waals surface area contributed by atoms with E-state index in [4.69, 9.17) is 5.73 Å². The number of rotatable bonds is 2. The number of hydrogen-bond acceptors (Lipinski definition) is 4. The third-order valence-corrected chi connectivity index (χ3v) is 3.20. The normalized spacial score (nSPS) is 19.6. The van der Waals surface area contributed by atoms with Gasteiger partial charge in [0.1, 0.15) is 11.5 Å². The fourth-order valence-electron chi connectivity index (χ4n) is 2.29. The summed E-state index contributed by atoms with van der Waals surface area (Å²) in [5.41, 5.74) is 6.97. The van der Waals surface area contributed by atoms with Gasteiger partial charge >= 0.3 is 0 Å². The molecule has 1 atom stereocenters. The van der Waals surface area contributed by atoms with Gasteiger partial charge in [-0.1, -0.05) is 0 Å². The summed E-state index contributed by atoms with van der Waals surface area (Å²) in [6.07, 6.45) is 2.08. The Balaban J connectivity index is 2.15. The fourth-order valence-corrected chi connectivity index (χ4v) is 2.29. The summed E-state index contributed by atoms with van der Waals surface area (Å²) in [5, 5.41) is 22.1. The molecule has 0 saturated carbocycles. The van der Waals surface area contributed by atoms with E-state index >= 15 is 0 Å². The molecule has 0 unspecified atom stereocenters. The van der Waals surface area contributed by atoms with Crippen LogP contribution in [0.15, 0.2) is 18.2 Å². The minimum Gasteiger partial charge on any atom is -0.508 e. The van der Waals surface area contributed by atoms with Crippen molar-refractivity contribution in [1.29, 1.82) is 0 Å². The Bertz CT molecular complexity index is 342. The van der Waals surface area contributed by atoms with Crippen molar-refractivity contribution >= 4 is 0 Å². The molecule has 4 nitrogen and oxygen atoms in total. The smallest absolute Gasteiger partial charge is 0.119 e. The molecule has 88 valence electrons. The van der Waals surface area contributed by atoms with Crippen molar-refractivity contribution in [3.63, 3.8) is 0 Å². The molecule has 1 heterocycles. The molecular weight excluding hydrogens is 204 g/mol. The van der Waals surface area contributed by atoms with E-state index in [0.29, 0.717) is 5.92 Å². The summed E-state index contributed by atoms with van der Waals surface area (Å²) in [4.78, 5) is 0. The predicted molar refractivity (Wildman–Crippen MR) is 62.3 cm³/mol. The summed E-state index contributed by atoms with van der Waals surface area (Å²) < 4.78 is 0. The van der Waals surface area contributed by atoms with Crippen LogP contribution in [0.25, 0.3) is 0 Å². The fraction of sp³-hybridized carbons (Fsp3) is 0.500. The Labute approximate surface area is 95.1 Å². The molecule has 0 amide bonds. The molecule has 16 heavy (non-hydrogen) atoms. The zero-order chi connectivity index (χ0) is 11.5. The van der Waals surface area contributed by atoms with Crippen LogP contribution in [0, 0.1) is 5.92 Å². The summed E-state index contributed by atoms with van der Waals surface area (Å²) in [7, 11) is 0. The van der Waals surface area contributed by atoms with Crippen LogP contribution in [0.4, 0.5) is 0 Å². The molecule has 1 aliphatic rings. The lowest BCUT2D eigenvalue weighted by atomic mass is 9.86. The first-order chi connectivity index (χ1) is 7.66. The van der Waals surface area contributed by atoms with E-state index in [9.17, 15) is 10.2 Å². The highest BCUT2D eigenvalue weighted by Gasteiger charge is 2.22. The first-order valence-corrected chi connectivity index (χ1v) is 5.66. The van der Waals surface area contributed by atoms with Gasteiger partial charge < -0.3 is 21.3 Å². The average molecular weight is 222 g/mol. The van der Waals surface area contributed by atoms with Crippen molar-refractivity contribution in [2.75, 3.05) is 13.1 Å². The van der Waals surface area contributed by atoms with Gasteiger partial charge in [0.15, 0.2) is 0 Å². The Morgan fingerprint density at radius 3 is 2.25 bits per heavy atom. The maximum Gasteiger partial charge on any atom is 0.119 e. The van der Waals surface area contributed by atoms with Gasteiger partial charge in [0.2, 0.25) is 0 Å². The number of benzene rings is 1. The monoisotopic (exact) mass is 222 g/mol. The molecular formula is C12H18N2O2. The Morgan fingerprint density at radius 2 is 1.69 bits per heavy atom. The molecule has 1 aromatic carbocycles. The van der Waals surface area contributed by atoms with Crippen molar-refractivity contribution < 1.29 is 10.2 Å². The first kappa shape index (κ1) is 11.2. The van der Waals surface area contributed by atoms with Gasteiger partial charge in [0.25, 0.3) is 0 Å². The number of nitrogens with two attached hydrogens (primary N) is 1. The molecule has 0 bridgehead atoms. The lowest BCUT2D eigenvalue weighted by molar-refractivity contribution is 0.320. The number of hydrogen-bond donors (Lipinski definition) is 4. The lowest BCUT2D eigenvalue weighted by Gasteiger charge is -2.28. The van der Waals surface area contributed by atoms with E-state index in [-0.39, 0.29) is 17.5 Å². The van der Waals surface area contributed by atoms with E-state index in [1.807, 2.05) is 0 Å². The highest BCUT2D eigenvalue weighted by atomic mass is 16.3. The molecule has 1 saturated heterocycles. The molecule has 0 aliphatic carbocycles. The summed E-state index contributed by atoms with van der Waals surface area (Å²) >= 11 is 0. The molecule has 0 spiro atoms. The standard InChI is InChI=1S/C12H18N2O2/c13-12(8-1-3-14-4-2-8)9-5-10(15)7-11(16)6-9/h5-8,12,14-16H,1-4,13H2/t12-/m1/s1. The molecule has 1 aliphatic heterocycles. The maximum atomic E-state index is 9.41. The molecule has 1 fully saturated rings. The van der Waals surface area contributed by atoms with Crippen molar-refractivity contribution in [2.45, 2.75) is 18.9 Å².